The van der Waals surface area contributed by atoms with Gasteiger partial charge in [-0.05, 0) is 32.8 Å². The molecule has 128 valence electrons. The van der Waals surface area contributed by atoms with Crippen LogP contribution in [0, 0.1) is 19.8 Å². The highest BCUT2D eigenvalue weighted by Crippen LogP contribution is 2.24. The first-order chi connectivity index (χ1) is 11.6. The topological polar surface area (TPSA) is 84.7 Å². The summed E-state index contributed by atoms with van der Waals surface area (Å²) in [5.74, 6) is 1.85. The summed E-state index contributed by atoms with van der Waals surface area (Å²) in [7, 11) is 0. The zero-order chi connectivity index (χ0) is 16.9. The van der Waals surface area contributed by atoms with E-state index >= 15 is 0 Å². The second-order valence-electron chi connectivity index (χ2n) is 6.30. The molecule has 1 amide bonds. The van der Waals surface area contributed by atoms with Gasteiger partial charge in [-0.1, -0.05) is 12.8 Å². The van der Waals surface area contributed by atoms with Crippen molar-refractivity contribution in [3.8, 4) is 5.82 Å². The summed E-state index contributed by atoms with van der Waals surface area (Å²) in [6, 6.07) is 3.87. The summed E-state index contributed by atoms with van der Waals surface area (Å²) >= 11 is 0. The Balaban J connectivity index is 1.51. The Morgan fingerprint density at radius 1 is 1.21 bits per heavy atom. The SMILES string of the molecule is Cc1cc(C)n(-c2cc(NCCNC(=O)C3CCCC3)ncn2)n1. The van der Waals surface area contributed by atoms with Gasteiger partial charge in [-0.3, -0.25) is 4.79 Å². The van der Waals surface area contributed by atoms with E-state index in [0.717, 1.165) is 35.9 Å². The molecule has 2 aromatic rings. The van der Waals surface area contributed by atoms with Crippen molar-refractivity contribution in [2.45, 2.75) is 39.5 Å². The number of hydrogen-bond donors (Lipinski definition) is 2. The van der Waals surface area contributed by atoms with Crippen LogP contribution in [0.4, 0.5) is 5.82 Å². The zero-order valence-corrected chi connectivity index (χ0v) is 14.2. The number of hydrogen-bond acceptors (Lipinski definition) is 5. The lowest BCUT2D eigenvalue weighted by Gasteiger charge is -2.11. The largest absolute Gasteiger partial charge is 0.368 e. The van der Waals surface area contributed by atoms with Crippen LogP contribution in [0.15, 0.2) is 18.5 Å². The van der Waals surface area contributed by atoms with E-state index in [2.05, 4.69) is 25.7 Å². The number of rotatable bonds is 6. The number of nitrogens with one attached hydrogen (secondary N) is 2. The van der Waals surface area contributed by atoms with Crippen molar-refractivity contribution in [3.05, 3.63) is 29.8 Å². The predicted molar refractivity (Wildman–Crippen MR) is 92.1 cm³/mol. The van der Waals surface area contributed by atoms with Crippen LogP contribution in [-0.4, -0.2) is 38.7 Å². The van der Waals surface area contributed by atoms with Crippen LogP contribution in [0.3, 0.4) is 0 Å². The third-order valence-corrected chi connectivity index (χ3v) is 4.34. The number of carbonyl (C=O) groups excluding carboxylic acids is 1. The van der Waals surface area contributed by atoms with Crippen LogP contribution >= 0.6 is 0 Å². The van der Waals surface area contributed by atoms with E-state index in [-0.39, 0.29) is 11.8 Å². The average molecular weight is 328 g/mol. The monoisotopic (exact) mass is 328 g/mol. The second kappa shape index (κ2) is 7.42. The minimum absolute atomic E-state index is 0.181. The summed E-state index contributed by atoms with van der Waals surface area (Å²) in [5, 5.41) is 10.6. The van der Waals surface area contributed by atoms with Crippen molar-refractivity contribution >= 4 is 11.7 Å². The smallest absolute Gasteiger partial charge is 0.223 e. The van der Waals surface area contributed by atoms with Gasteiger partial charge < -0.3 is 10.6 Å². The molecule has 0 aromatic carbocycles. The van der Waals surface area contributed by atoms with Gasteiger partial charge in [0, 0.05) is 30.8 Å². The Labute approximate surface area is 141 Å². The van der Waals surface area contributed by atoms with E-state index in [1.165, 1.54) is 19.2 Å². The molecule has 2 heterocycles. The van der Waals surface area contributed by atoms with Gasteiger partial charge in [-0.15, -0.1) is 0 Å². The fraction of sp³-hybridized carbons (Fsp3) is 0.529. The Morgan fingerprint density at radius 3 is 2.71 bits per heavy atom. The highest BCUT2D eigenvalue weighted by atomic mass is 16.1. The van der Waals surface area contributed by atoms with Gasteiger partial charge in [-0.2, -0.15) is 5.10 Å². The maximum Gasteiger partial charge on any atom is 0.223 e. The van der Waals surface area contributed by atoms with Crippen molar-refractivity contribution in [3.63, 3.8) is 0 Å². The van der Waals surface area contributed by atoms with Crippen LogP contribution in [-0.2, 0) is 4.79 Å². The fourth-order valence-corrected chi connectivity index (χ4v) is 3.13. The quantitative estimate of drug-likeness (QED) is 0.792. The van der Waals surface area contributed by atoms with Crippen LogP contribution in [0.25, 0.3) is 5.82 Å². The molecule has 1 aliphatic rings. The Kier molecular flexibility index (Phi) is 5.08. The normalized spacial score (nSPS) is 14.8. The summed E-state index contributed by atoms with van der Waals surface area (Å²) < 4.78 is 1.80. The maximum atomic E-state index is 12.0. The second-order valence-corrected chi connectivity index (χ2v) is 6.30. The molecular weight excluding hydrogens is 304 g/mol. The molecule has 1 saturated carbocycles. The Bertz CT molecular complexity index is 705. The minimum Gasteiger partial charge on any atom is -0.368 e. The molecule has 24 heavy (non-hydrogen) atoms. The molecule has 2 N–H and O–H groups in total. The lowest BCUT2D eigenvalue weighted by atomic mass is 10.1. The van der Waals surface area contributed by atoms with Gasteiger partial charge in [-0.25, -0.2) is 14.6 Å². The lowest BCUT2D eigenvalue weighted by Crippen LogP contribution is -2.33. The van der Waals surface area contributed by atoms with Crippen LogP contribution in [0.5, 0.6) is 0 Å². The Morgan fingerprint density at radius 2 is 2.00 bits per heavy atom. The molecule has 0 aliphatic heterocycles. The summed E-state index contributed by atoms with van der Waals surface area (Å²) in [5.41, 5.74) is 1.98. The van der Waals surface area contributed by atoms with Crippen LogP contribution < -0.4 is 10.6 Å². The molecule has 1 fully saturated rings. The molecule has 3 rings (SSSR count). The molecule has 0 bridgehead atoms. The zero-order valence-electron chi connectivity index (χ0n) is 14.2. The van der Waals surface area contributed by atoms with Gasteiger partial charge in [0.25, 0.3) is 0 Å². The van der Waals surface area contributed by atoms with E-state index in [9.17, 15) is 4.79 Å². The predicted octanol–water partition coefficient (Wildman–Crippen LogP) is 2.00. The van der Waals surface area contributed by atoms with Gasteiger partial charge in [0.15, 0.2) is 5.82 Å². The molecule has 0 radical (unpaired) electrons. The molecule has 0 unspecified atom stereocenters. The first-order valence-electron chi connectivity index (χ1n) is 8.51. The van der Waals surface area contributed by atoms with Crippen molar-refractivity contribution in [2.75, 3.05) is 18.4 Å². The standard InChI is InChI=1S/C17H24N6O/c1-12-9-13(2)23(22-12)16-10-15(20-11-21-16)18-7-8-19-17(24)14-5-3-4-6-14/h9-11,14H,3-8H2,1-2H3,(H,19,24)(H,18,20,21). The summed E-state index contributed by atoms with van der Waals surface area (Å²) in [4.78, 5) is 20.5. The third-order valence-electron chi connectivity index (χ3n) is 4.34. The van der Waals surface area contributed by atoms with E-state index < -0.39 is 0 Å². The molecule has 1 aliphatic carbocycles. The van der Waals surface area contributed by atoms with Crippen LogP contribution in [0.1, 0.15) is 37.1 Å². The third kappa shape index (κ3) is 3.90. The van der Waals surface area contributed by atoms with Gasteiger partial charge >= 0.3 is 0 Å². The Hall–Kier alpha value is -2.44. The number of aryl methyl sites for hydroxylation is 2. The van der Waals surface area contributed by atoms with E-state index in [1.807, 2.05) is 26.0 Å². The number of anilines is 1. The number of carbonyl (C=O) groups is 1. The van der Waals surface area contributed by atoms with Gasteiger partial charge in [0.05, 0.1) is 5.69 Å². The minimum atomic E-state index is 0.181. The van der Waals surface area contributed by atoms with Gasteiger partial charge in [0.2, 0.25) is 5.91 Å². The molecular formula is C17H24N6O. The van der Waals surface area contributed by atoms with Crippen molar-refractivity contribution in [1.29, 1.82) is 0 Å². The van der Waals surface area contributed by atoms with Crippen molar-refractivity contribution in [2.24, 2.45) is 5.92 Å². The average Bonchev–Trinajstić information content (AvgIpc) is 3.21. The van der Waals surface area contributed by atoms with Crippen molar-refractivity contribution in [1.82, 2.24) is 25.1 Å². The molecule has 0 atom stereocenters. The van der Waals surface area contributed by atoms with E-state index in [1.54, 1.807) is 4.68 Å². The molecule has 0 saturated heterocycles. The molecule has 0 spiro atoms. The number of nitrogens with zero attached hydrogens (tertiary/aromatic N) is 4. The van der Waals surface area contributed by atoms with E-state index in [0.29, 0.717) is 13.1 Å². The highest BCUT2D eigenvalue weighted by Gasteiger charge is 2.21. The summed E-state index contributed by atoms with van der Waals surface area (Å²) in [6.45, 7) is 5.17. The highest BCUT2D eigenvalue weighted by molar-refractivity contribution is 5.78. The maximum absolute atomic E-state index is 12.0. The van der Waals surface area contributed by atoms with Gasteiger partial charge in [0.1, 0.15) is 12.1 Å². The number of aromatic nitrogens is 4. The molecule has 7 nitrogen and oxygen atoms in total. The fourth-order valence-electron chi connectivity index (χ4n) is 3.13. The number of amides is 1. The van der Waals surface area contributed by atoms with Crippen LogP contribution in [0.2, 0.25) is 0 Å². The molecule has 7 heteroatoms. The van der Waals surface area contributed by atoms with Crippen molar-refractivity contribution < 1.29 is 4.79 Å². The first kappa shape index (κ1) is 16.4. The summed E-state index contributed by atoms with van der Waals surface area (Å²) in [6.07, 6.45) is 5.91. The molecule has 2 aromatic heterocycles. The first-order valence-corrected chi connectivity index (χ1v) is 8.51. The van der Waals surface area contributed by atoms with E-state index in [4.69, 9.17) is 0 Å². The lowest BCUT2D eigenvalue weighted by molar-refractivity contribution is -0.124.